The molecule has 1 aromatic rings. The first kappa shape index (κ1) is 8.51. The first-order valence-corrected chi connectivity index (χ1v) is 4.70. The smallest absolute Gasteiger partial charge is 0.213 e. The Balaban J connectivity index is 1.79. The molecule has 13 heavy (non-hydrogen) atoms. The van der Waals surface area contributed by atoms with Crippen LogP contribution in [0.2, 0.25) is 0 Å². The van der Waals surface area contributed by atoms with Gasteiger partial charge in [0.15, 0.2) is 0 Å². The third-order valence-corrected chi connectivity index (χ3v) is 2.27. The molecule has 1 aliphatic heterocycles. The molecule has 0 aliphatic carbocycles. The molecule has 1 aliphatic rings. The number of hydrogen-bond acceptors (Lipinski definition) is 3. The Morgan fingerprint density at radius 3 is 3.23 bits per heavy atom. The van der Waals surface area contributed by atoms with Crippen molar-refractivity contribution < 1.29 is 4.74 Å². The van der Waals surface area contributed by atoms with Gasteiger partial charge in [-0.05, 0) is 19.0 Å². The number of rotatable bonds is 3. The lowest BCUT2D eigenvalue weighted by atomic mass is 10.1. The van der Waals surface area contributed by atoms with Crippen molar-refractivity contribution in [2.45, 2.75) is 6.42 Å². The Morgan fingerprint density at radius 1 is 1.54 bits per heavy atom. The molecule has 1 aromatic heterocycles. The quantitative estimate of drug-likeness (QED) is 0.751. The van der Waals surface area contributed by atoms with Gasteiger partial charge in [0, 0.05) is 24.7 Å². The summed E-state index contributed by atoms with van der Waals surface area (Å²) in [7, 11) is 0. The minimum Gasteiger partial charge on any atom is -0.477 e. The van der Waals surface area contributed by atoms with Crippen LogP contribution in [-0.2, 0) is 0 Å². The fraction of sp³-hybridized carbons (Fsp3) is 0.500. The maximum Gasteiger partial charge on any atom is 0.213 e. The molecule has 3 nitrogen and oxygen atoms in total. The van der Waals surface area contributed by atoms with Gasteiger partial charge >= 0.3 is 0 Å². The minimum absolute atomic E-state index is 0.655. The van der Waals surface area contributed by atoms with E-state index in [1.165, 1.54) is 6.42 Å². The number of hydrogen-bond donors (Lipinski definition) is 1. The number of pyridine rings is 1. The Hall–Kier alpha value is -1.09. The van der Waals surface area contributed by atoms with Gasteiger partial charge in [-0.1, -0.05) is 6.07 Å². The number of nitrogens with one attached hydrogen (secondary N) is 1. The summed E-state index contributed by atoms with van der Waals surface area (Å²) in [6.45, 7) is 2.98. The van der Waals surface area contributed by atoms with Gasteiger partial charge in [0.2, 0.25) is 5.88 Å². The molecule has 3 heteroatoms. The second-order valence-corrected chi connectivity index (χ2v) is 3.34. The van der Waals surface area contributed by atoms with E-state index in [1.54, 1.807) is 6.20 Å². The highest BCUT2D eigenvalue weighted by Crippen LogP contribution is 2.10. The zero-order chi connectivity index (χ0) is 8.93. The van der Waals surface area contributed by atoms with Crippen molar-refractivity contribution in [1.29, 1.82) is 0 Å². The summed E-state index contributed by atoms with van der Waals surface area (Å²) in [6, 6.07) is 5.72. The van der Waals surface area contributed by atoms with E-state index in [0.717, 1.165) is 25.6 Å². The molecule has 1 unspecified atom stereocenters. The summed E-state index contributed by atoms with van der Waals surface area (Å²) < 4.78 is 5.54. The molecule has 0 amide bonds. The number of nitrogens with zero attached hydrogens (tertiary/aromatic N) is 1. The van der Waals surface area contributed by atoms with Crippen molar-refractivity contribution in [1.82, 2.24) is 10.3 Å². The van der Waals surface area contributed by atoms with E-state index in [1.807, 2.05) is 18.2 Å². The third kappa shape index (κ3) is 2.42. The molecule has 1 fully saturated rings. The highest BCUT2D eigenvalue weighted by atomic mass is 16.5. The zero-order valence-electron chi connectivity index (χ0n) is 7.57. The van der Waals surface area contributed by atoms with Crippen LogP contribution in [0.15, 0.2) is 24.4 Å². The molecular formula is C10H14N2O. The van der Waals surface area contributed by atoms with Gasteiger partial charge in [0.05, 0.1) is 6.61 Å². The Morgan fingerprint density at radius 2 is 2.54 bits per heavy atom. The second-order valence-electron chi connectivity index (χ2n) is 3.34. The van der Waals surface area contributed by atoms with E-state index in [4.69, 9.17) is 4.74 Å². The van der Waals surface area contributed by atoms with E-state index in [2.05, 4.69) is 10.3 Å². The SMILES string of the molecule is c1ccc(OCC2CCNC2)nc1. The normalized spacial score (nSPS) is 21.7. The summed E-state index contributed by atoms with van der Waals surface area (Å²) in [4.78, 5) is 4.10. The van der Waals surface area contributed by atoms with Crippen molar-refractivity contribution in [3.63, 3.8) is 0 Å². The lowest BCUT2D eigenvalue weighted by Crippen LogP contribution is -2.15. The van der Waals surface area contributed by atoms with Gasteiger partial charge in [0.1, 0.15) is 0 Å². The summed E-state index contributed by atoms with van der Waals surface area (Å²) in [5, 5.41) is 3.31. The van der Waals surface area contributed by atoms with Crippen LogP contribution < -0.4 is 10.1 Å². The van der Waals surface area contributed by atoms with E-state index in [9.17, 15) is 0 Å². The molecule has 2 rings (SSSR count). The Kier molecular flexibility index (Phi) is 2.77. The summed E-state index contributed by atoms with van der Waals surface area (Å²) in [6.07, 6.45) is 2.97. The summed E-state index contributed by atoms with van der Waals surface area (Å²) in [5.74, 6) is 1.39. The molecular weight excluding hydrogens is 164 g/mol. The fourth-order valence-corrected chi connectivity index (χ4v) is 1.49. The first-order chi connectivity index (χ1) is 6.45. The predicted octanol–water partition coefficient (Wildman–Crippen LogP) is 1.07. The molecule has 2 heterocycles. The van der Waals surface area contributed by atoms with Gasteiger partial charge in [0.25, 0.3) is 0 Å². The van der Waals surface area contributed by atoms with Gasteiger partial charge < -0.3 is 10.1 Å². The molecule has 0 radical (unpaired) electrons. The lowest BCUT2D eigenvalue weighted by molar-refractivity contribution is 0.251. The fourth-order valence-electron chi connectivity index (χ4n) is 1.49. The van der Waals surface area contributed by atoms with Crippen LogP contribution in [0.25, 0.3) is 0 Å². The van der Waals surface area contributed by atoms with Gasteiger partial charge in [-0.2, -0.15) is 0 Å². The highest BCUT2D eigenvalue weighted by molar-refractivity contribution is 5.09. The van der Waals surface area contributed by atoms with Crippen molar-refractivity contribution in [2.75, 3.05) is 19.7 Å². The van der Waals surface area contributed by atoms with Crippen molar-refractivity contribution in [2.24, 2.45) is 5.92 Å². The van der Waals surface area contributed by atoms with Crippen molar-refractivity contribution in [3.05, 3.63) is 24.4 Å². The van der Waals surface area contributed by atoms with Crippen LogP contribution in [-0.4, -0.2) is 24.7 Å². The molecule has 1 atom stereocenters. The molecule has 1 N–H and O–H groups in total. The molecule has 0 bridgehead atoms. The third-order valence-electron chi connectivity index (χ3n) is 2.27. The molecule has 70 valence electrons. The van der Waals surface area contributed by atoms with Crippen LogP contribution in [0.4, 0.5) is 0 Å². The molecule has 0 spiro atoms. The van der Waals surface area contributed by atoms with Crippen molar-refractivity contribution in [3.8, 4) is 5.88 Å². The zero-order valence-corrected chi connectivity index (χ0v) is 7.57. The monoisotopic (exact) mass is 178 g/mol. The summed E-state index contributed by atoms with van der Waals surface area (Å²) in [5.41, 5.74) is 0. The first-order valence-electron chi connectivity index (χ1n) is 4.70. The summed E-state index contributed by atoms with van der Waals surface area (Å²) >= 11 is 0. The maximum atomic E-state index is 5.54. The van der Waals surface area contributed by atoms with Crippen molar-refractivity contribution >= 4 is 0 Å². The average molecular weight is 178 g/mol. The minimum atomic E-state index is 0.655. The van der Waals surface area contributed by atoms with Crippen LogP contribution in [0.1, 0.15) is 6.42 Å². The second kappa shape index (κ2) is 4.23. The van der Waals surface area contributed by atoms with E-state index < -0.39 is 0 Å². The largest absolute Gasteiger partial charge is 0.477 e. The number of aromatic nitrogens is 1. The van der Waals surface area contributed by atoms with Crippen LogP contribution >= 0.6 is 0 Å². The molecule has 0 aromatic carbocycles. The molecule has 1 saturated heterocycles. The molecule has 0 saturated carbocycles. The Labute approximate surface area is 78.1 Å². The topological polar surface area (TPSA) is 34.1 Å². The van der Waals surface area contributed by atoms with E-state index in [-0.39, 0.29) is 0 Å². The van der Waals surface area contributed by atoms with Crippen LogP contribution in [0.3, 0.4) is 0 Å². The Bertz CT molecular complexity index is 244. The van der Waals surface area contributed by atoms with Gasteiger partial charge in [-0.25, -0.2) is 4.98 Å². The average Bonchev–Trinajstić information content (AvgIpc) is 2.69. The standard InChI is InChI=1S/C10H14N2O/c1-2-5-12-10(3-1)13-8-9-4-6-11-7-9/h1-3,5,9,11H,4,6-8H2. The lowest BCUT2D eigenvalue weighted by Gasteiger charge is -2.09. The van der Waals surface area contributed by atoms with Gasteiger partial charge in [-0.3, -0.25) is 0 Å². The van der Waals surface area contributed by atoms with Crippen LogP contribution in [0, 0.1) is 5.92 Å². The van der Waals surface area contributed by atoms with E-state index >= 15 is 0 Å². The number of ether oxygens (including phenoxy) is 1. The van der Waals surface area contributed by atoms with Gasteiger partial charge in [-0.15, -0.1) is 0 Å². The van der Waals surface area contributed by atoms with E-state index in [0.29, 0.717) is 5.92 Å². The predicted molar refractivity (Wildman–Crippen MR) is 50.7 cm³/mol. The maximum absolute atomic E-state index is 5.54. The highest BCUT2D eigenvalue weighted by Gasteiger charge is 2.14. The van der Waals surface area contributed by atoms with Crippen LogP contribution in [0.5, 0.6) is 5.88 Å².